The molecule has 0 radical (unpaired) electrons. The molecule has 0 N–H and O–H groups in total. The van der Waals surface area contributed by atoms with Crippen LogP contribution in [0.4, 0.5) is 0 Å². The molecule has 1 saturated heterocycles. The Kier molecular flexibility index (Phi) is 8.78. The standard InChI is InChI=1S/C15H32N2O3S/c1-3-5-8-15(4-2)13-17-11-10-16(14-17)9-6-7-12-21(18,19)20/h15H,3-14H2,1-2H3,(H,18,19,20)/p-1. The highest BCUT2D eigenvalue weighted by Crippen LogP contribution is 2.16. The van der Waals surface area contributed by atoms with E-state index in [1.165, 1.54) is 32.2 Å². The Morgan fingerprint density at radius 1 is 1.10 bits per heavy atom. The Balaban J connectivity index is 2.16. The number of nitrogens with zero attached hydrogens (tertiary/aromatic N) is 2. The van der Waals surface area contributed by atoms with E-state index in [0.717, 1.165) is 38.6 Å². The molecular weight excluding hydrogens is 288 g/mol. The van der Waals surface area contributed by atoms with Crippen molar-refractivity contribution < 1.29 is 13.0 Å². The molecule has 5 nitrogen and oxygen atoms in total. The van der Waals surface area contributed by atoms with Crippen LogP contribution in [-0.4, -0.2) is 61.4 Å². The second-order valence-electron chi connectivity index (χ2n) is 6.22. The van der Waals surface area contributed by atoms with Gasteiger partial charge in [-0.1, -0.05) is 33.1 Å². The van der Waals surface area contributed by atoms with Crippen molar-refractivity contribution in [3.8, 4) is 0 Å². The van der Waals surface area contributed by atoms with Gasteiger partial charge in [0.1, 0.15) is 0 Å². The molecule has 1 aliphatic rings. The van der Waals surface area contributed by atoms with Gasteiger partial charge in [-0.05, 0) is 31.7 Å². The normalized spacial score (nSPS) is 19.2. The molecule has 0 aromatic rings. The van der Waals surface area contributed by atoms with Crippen molar-refractivity contribution in [3.05, 3.63) is 0 Å². The van der Waals surface area contributed by atoms with Gasteiger partial charge in [-0.3, -0.25) is 9.80 Å². The molecule has 0 saturated carbocycles. The average Bonchev–Trinajstić information content (AvgIpc) is 2.86. The number of hydrogen-bond acceptors (Lipinski definition) is 5. The highest BCUT2D eigenvalue weighted by molar-refractivity contribution is 7.85. The van der Waals surface area contributed by atoms with E-state index in [0.29, 0.717) is 6.42 Å². The maximum Gasteiger partial charge on any atom is 0.0945 e. The van der Waals surface area contributed by atoms with Crippen LogP contribution in [0.2, 0.25) is 0 Å². The lowest BCUT2D eigenvalue weighted by molar-refractivity contribution is 0.209. The van der Waals surface area contributed by atoms with Crippen LogP contribution < -0.4 is 0 Å². The van der Waals surface area contributed by atoms with E-state index in [2.05, 4.69) is 23.6 Å². The van der Waals surface area contributed by atoms with Crippen LogP contribution >= 0.6 is 0 Å². The minimum absolute atomic E-state index is 0.223. The largest absolute Gasteiger partial charge is 0.748 e. The van der Waals surface area contributed by atoms with Crippen molar-refractivity contribution in [1.29, 1.82) is 0 Å². The summed E-state index contributed by atoms with van der Waals surface area (Å²) in [6.45, 7) is 9.77. The van der Waals surface area contributed by atoms with Crippen molar-refractivity contribution in [2.24, 2.45) is 5.92 Å². The second kappa shape index (κ2) is 9.77. The zero-order chi connectivity index (χ0) is 15.7. The molecule has 0 amide bonds. The first-order valence-corrected chi connectivity index (χ1v) is 9.90. The molecule has 0 aromatic heterocycles. The van der Waals surface area contributed by atoms with Crippen LogP contribution in [0.25, 0.3) is 0 Å². The molecule has 1 heterocycles. The van der Waals surface area contributed by atoms with Crippen LogP contribution in [0.5, 0.6) is 0 Å². The minimum atomic E-state index is -4.04. The molecule has 0 aliphatic carbocycles. The Hall–Kier alpha value is -0.170. The molecule has 1 fully saturated rings. The predicted molar refractivity (Wildman–Crippen MR) is 85.1 cm³/mol. The third-order valence-electron chi connectivity index (χ3n) is 4.31. The van der Waals surface area contributed by atoms with Crippen molar-refractivity contribution in [2.45, 2.75) is 52.4 Å². The minimum Gasteiger partial charge on any atom is -0.748 e. The van der Waals surface area contributed by atoms with Crippen LogP contribution in [0, 0.1) is 5.92 Å². The third-order valence-corrected chi connectivity index (χ3v) is 5.10. The fourth-order valence-corrected chi connectivity index (χ4v) is 3.49. The summed E-state index contributed by atoms with van der Waals surface area (Å²) < 4.78 is 31.6. The van der Waals surface area contributed by atoms with E-state index in [4.69, 9.17) is 0 Å². The monoisotopic (exact) mass is 319 g/mol. The van der Waals surface area contributed by atoms with Crippen molar-refractivity contribution in [1.82, 2.24) is 9.80 Å². The third kappa shape index (κ3) is 8.76. The fourth-order valence-electron chi connectivity index (χ4n) is 2.94. The summed E-state index contributed by atoms with van der Waals surface area (Å²) in [6.07, 6.45) is 6.44. The van der Waals surface area contributed by atoms with Gasteiger partial charge in [0.05, 0.1) is 16.8 Å². The van der Waals surface area contributed by atoms with Crippen molar-refractivity contribution in [2.75, 3.05) is 38.6 Å². The molecule has 0 spiro atoms. The zero-order valence-electron chi connectivity index (χ0n) is 13.6. The Bertz CT molecular complexity index is 373. The fraction of sp³-hybridized carbons (Fsp3) is 1.00. The highest BCUT2D eigenvalue weighted by Gasteiger charge is 2.21. The molecule has 126 valence electrons. The van der Waals surface area contributed by atoms with E-state index >= 15 is 0 Å². The van der Waals surface area contributed by atoms with Gasteiger partial charge in [-0.25, -0.2) is 8.42 Å². The van der Waals surface area contributed by atoms with Crippen LogP contribution in [0.1, 0.15) is 52.4 Å². The number of hydrogen-bond donors (Lipinski definition) is 0. The first-order chi connectivity index (χ1) is 9.94. The summed E-state index contributed by atoms with van der Waals surface area (Å²) in [5.41, 5.74) is 0. The molecule has 1 aliphatic heterocycles. The summed E-state index contributed by atoms with van der Waals surface area (Å²) in [5, 5.41) is 0. The van der Waals surface area contributed by atoms with Crippen LogP contribution in [-0.2, 0) is 10.1 Å². The van der Waals surface area contributed by atoms with Crippen LogP contribution in [0.3, 0.4) is 0 Å². The lowest BCUT2D eigenvalue weighted by Crippen LogP contribution is -2.30. The molecular formula is C15H31N2O3S-. The summed E-state index contributed by atoms with van der Waals surface area (Å²) in [7, 11) is -4.04. The van der Waals surface area contributed by atoms with E-state index < -0.39 is 10.1 Å². The number of unbranched alkanes of at least 4 members (excludes halogenated alkanes) is 2. The molecule has 0 bridgehead atoms. The summed E-state index contributed by atoms with van der Waals surface area (Å²) >= 11 is 0. The van der Waals surface area contributed by atoms with Gasteiger partial charge in [0.15, 0.2) is 0 Å². The SMILES string of the molecule is CCCCC(CC)CN1CCN(CCCCS(=O)(=O)[O-])C1. The Morgan fingerprint density at radius 3 is 2.43 bits per heavy atom. The van der Waals surface area contributed by atoms with E-state index in [9.17, 15) is 13.0 Å². The smallest absolute Gasteiger partial charge is 0.0945 e. The Labute approximate surface area is 130 Å². The molecule has 21 heavy (non-hydrogen) atoms. The van der Waals surface area contributed by atoms with Gasteiger partial charge in [-0.15, -0.1) is 0 Å². The highest BCUT2D eigenvalue weighted by atomic mass is 32.2. The van der Waals surface area contributed by atoms with Gasteiger partial charge in [0.2, 0.25) is 0 Å². The van der Waals surface area contributed by atoms with Crippen molar-refractivity contribution >= 4 is 10.1 Å². The quantitative estimate of drug-likeness (QED) is 0.431. The molecule has 6 heteroatoms. The lowest BCUT2D eigenvalue weighted by Gasteiger charge is -2.23. The lowest BCUT2D eigenvalue weighted by atomic mass is 9.99. The molecule has 0 aromatic carbocycles. The van der Waals surface area contributed by atoms with Gasteiger partial charge in [-0.2, -0.15) is 0 Å². The molecule has 1 atom stereocenters. The summed E-state index contributed by atoms with van der Waals surface area (Å²) in [6, 6.07) is 0. The van der Waals surface area contributed by atoms with Gasteiger partial charge >= 0.3 is 0 Å². The topological polar surface area (TPSA) is 63.7 Å². The maximum absolute atomic E-state index is 10.5. The number of rotatable bonds is 11. The predicted octanol–water partition coefficient (Wildman–Crippen LogP) is 2.10. The summed E-state index contributed by atoms with van der Waals surface area (Å²) in [5.74, 6) is 0.579. The van der Waals surface area contributed by atoms with Crippen molar-refractivity contribution in [3.63, 3.8) is 0 Å². The van der Waals surface area contributed by atoms with Gasteiger partial charge in [0.25, 0.3) is 0 Å². The summed E-state index contributed by atoms with van der Waals surface area (Å²) in [4.78, 5) is 4.87. The van der Waals surface area contributed by atoms with Gasteiger partial charge < -0.3 is 4.55 Å². The van der Waals surface area contributed by atoms with E-state index in [-0.39, 0.29) is 5.75 Å². The first kappa shape index (κ1) is 18.9. The van der Waals surface area contributed by atoms with Crippen LogP contribution in [0.15, 0.2) is 0 Å². The van der Waals surface area contributed by atoms with Gasteiger partial charge in [0, 0.05) is 25.4 Å². The Morgan fingerprint density at radius 2 is 1.81 bits per heavy atom. The molecule has 1 rings (SSSR count). The maximum atomic E-state index is 10.5. The van der Waals surface area contributed by atoms with E-state index in [1.807, 2.05) is 0 Å². The second-order valence-corrected chi connectivity index (χ2v) is 7.75. The van der Waals surface area contributed by atoms with E-state index in [1.54, 1.807) is 0 Å². The molecule has 1 unspecified atom stereocenters. The zero-order valence-corrected chi connectivity index (χ0v) is 14.4. The average molecular weight is 319 g/mol. The first-order valence-electron chi connectivity index (χ1n) is 8.33.